The Morgan fingerprint density at radius 2 is 1.77 bits per heavy atom. The van der Waals surface area contributed by atoms with Gasteiger partial charge in [0.05, 0.1) is 6.04 Å². The molecule has 7 nitrogen and oxygen atoms in total. The smallest absolute Gasteiger partial charge is 0.408 e. The number of ketones is 1. The van der Waals surface area contributed by atoms with Crippen LogP contribution in [0.25, 0.3) is 0 Å². The average Bonchev–Trinajstić information content (AvgIpc) is 2.89. The Bertz CT molecular complexity index is 1130. The van der Waals surface area contributed by atoms with Crippen molar-refractivity contribution in [3.05, 3.63) is 65.0 Å². The highest BCUT2D eigenvalue weighted by molar-refractivity contribution is 7.99. The van der Waals surface area contributed by atoms with Gasteiger partial charge in [0.15, 0.2) is 5.78 Å². The molecule has 9 heteroatoms. The van der Waals surface area contributed by atoms with E-state index in [0.29, 0.717) is 36.6 Å². The van der Waals surface area contributed by atoms with Gasteiger partial charge in [0.25, 0.3) is 5.91 Å². The van der Waals surface area contributed by atoms with Gasteiger partial charge in [-0.15, -0.1) is 11.8 Å². The molecule has 1 aliphatic rings. The maximum Gasteiger partial charge on any atom is 0.408 e. The summed E-state index contributed by atoms with van der Waals surface area (Å²) < 4.78 is 24.1. The maximum absolute atomic E-state index is 13.4. The summed E-state index contributed by atoms with van der Waals surface area (Å²) in [6.07, 6.45) is 2.52. The molecule has 0 aromatic heterocycles. The van der Waals surface area contributed by atoms with E-state index >= 15 is 0 Å². The zero-order chi connectivity index (χ0) is 28.4. The van der Waals surface area contributed by atoms with Crippen LogP contribution in [0.1, 0.15) is 62.0 Å². The zero-order valence-electron chi connectivity index (χ0n) is 23.2. The molecule has 1 heterocycles. The van der Waals surface area contributed by atoms with Gasteiger partial charge in [-0.05, 0) is 101 Å². The molecule has 2 aromatic rings. The number of benzene rings is 2. The quantitative estimate of drug-likeness (QED) is 0.362. The fourth-order valence-corrected chi connectivity index (χ4v) is 5.34. The van der Waals surface area contributed by atoms with Gasteiger partial charge in [-0.2, -0.15) is 0 Å². The number of carbonyl (C=O) groups excluding carboxylic acids is 3. The number of ether oxygens (including phenoxy) is 2. The van der Waals surface area contributed by atoms with Crippen LogP contribution >= 0.6 is 11.8 Å². The van der Waals surface area contributed by atoms with E-state index in [4.69, 9.17) is 9.47 Å². The van der Waals surface area contributed by atoms with Crippen molar-refractivity contribution in [2.75, 3.05) is 25.5 Å². The van der Waals surface area contributed by atoms with E-state index in [-0.39, 0.29) is 17.5 Å². The third-order valence-electron chi connectivity index (χ3n) is 6.40. The topological polar surface area (TPSA) is 93.7 Å². The Kier molecular flexibility index (Phi) is 11.4. The molecule has 0 radical (unpaired) electrons. The third kappa shape index (κ3) is 10.6. The van der Waals surface area contributed by atoms with Crippen molar-refractivity contribution < 1.29 is 28.2 Å². The highest BCUT2D eigenvalue weighted by Crippen LogP contribution is 2.27. The van der Waals surface area contributed by atoms with Crippen LogP contribution in [-0.4, -0.2) is 54.9 Å². The summed E-state index contributed by atoms with van der Waals surface area (Å²) in [6.45, 7) is 8.79. The van der Waals surface area contributed by atoms with Gasteiger partial charge in [0, 0.05) is 36.0 Å². The number of carbonyl (C=O) groups is 3. The summed E-state index contributed by atoms with van der Waals surface area (Å²) in [7, 11) is 0. The van der Waals surface area contributed by atoms with Crippen LogP contribution in [0.3, 0.4) is 0 Å². The molecule has 1 aliphatic heterocycles. The first-order valence-corrected chi connectivity index (χ1v) is 14.3. The van der Waals surface area contributed by atoms with Gasteiger partial charge in [-0.25, -0.2) is 9.18 Å². The summed E-state index contributed by atoms with van der Waals surface area (Å²) in [5.74, 6) is 0.134. The average molecular weight is 559 g/mol. The molecular weight excluding hydrogens is 519 g/mol. The lowest BCUT2D eigenvalue weighted by atomic mass is 10.00. The minimum Gasteiger partial charge on any atom is -0.444 e. The summed E-state index contributed by atoms with van der Waals surface area (Å²) in [6, 6.07) is 11.2. The van der Waals surface area contributed by atoms with Crippen LogP contribution in [0.15, 0.2) is 47.4 Å². The number of amides is 2. The summed E-state index contributed by atoms with van der Waals surface area (Å²) in [4.78, 5) is 38.4. The lowest BCUT2D eigenvalue weighted by Crippen LogP contribution is -2.44. The molecule has 212 valence electrons. The van der Waals surface area contributed by atoms with Gasteiger partial charge in [0.1, 0.15) is 11.4 Å². The van der Waals surface area contributed by atoms with Crippen molar-refractivity contribution in [1.82, 2.24) is 10.6 Å². The molecule has 0 unspecified atom stereocenters. The van der Waals surface area contributed by atoms with Crippen LogP contribution in [0, 0.1) is 11.7 Å². The Labute approximate surface area is 234 Å². The first kappa shape index (κ1) is 30.6. The second kappa shape index (κ2) is 14.5. The van der Waals surface area contributed by atoms with Crippen molar-refractivity contribution in [3.63, 3.8) is 0 Å². The Hall–Kier alpha value is -2.91. The second-order valence-corrected chi connectivity index (χ2v) is 11.9. The normalized spacial score (nSPS) is 14.9. The highest BCUT2D eigenvalue weighted by atomic mass is 32.2. The number of aryl methyl sites for hydroxylation is 2. The number of rotatable bonds is 11. The number of halogens is 1. The van der Waals surface area contributed by atoms with Crippen LogP contribution in [0.2, 0.25) is 0 Å². The second-order valence-electron chi connectivity index (χ2n) is 10.8. The van der Waals surface area contributed by atoms with Crippen molar-refractivity contribution in [2.24, 2.45) is 5.92 Å². The van der Waals surface area contributed by atoms with E-state index in [1.54, 1.807) is 39.0 Å². The molecule has 2 N–H and O–H groups in total. The Morgan fingerprint density at radius 3 is 2.41 bits per heavy atom. The van der Waals surface area contributed by atoms with Crippen molar-refractivity contribution in [3.8, 4) is 0 Å². The van der Waals surface area contributed by atoms with Gasteiger partial charge in [0.2, 0.25) is 0 Å². The standard InChI is InChI=1S/C30H39FN2O5S/c1-20(34)26(33-29(36)38-30(2,3)4)19-39-27-12-9-24(28(35)32-18-22-13-15-37-16-14-22)17-23(27)8-5-21-6-10-25(31)11-7-21/h6-7,9-12,17,22,26H,5,8,13-16,18-19H2,1-4H3,(H,32,35)(H,33,36)/t26-/m0/s1. The molecule has 0 aliphatic carbocycles. The molecule has 3 rings (SSSR count). The molecule has 1 fully saturated rings. The number of hydrogen-bond donors (Lipinski definition) is 2. The molecule has 2 amide bonds. The lowest BCUT2D eigenvalue weighted by Gasteiger charge is -2.23. The SMILES string of the molecule is CC(=O)[C@H](CSc1ccc(C(=O)NCC2CCOCC2)cc1CCc1ccc(F)cc1)NC(=O)OC(C)(C)C. The molecule has 0 bridgehead atoms. The van der Waals surface area contributed by atoms with E-state index in [0.717, 1.165) is 42.1 Å². The fraction of sp³-hybridized carbons (Fsp3) is 0.500. The van der Waals surface area contributed by atoms with Gasteiger partial charge >= 0.3 is 6.09 Å². The maximum atomic E-state index is 13.4. The number of nitrogens with one attached hydrogen (secondary N) is 2. The summed E-state index contributed by atoms with van der Waals surface area (Å²) in [5, 5.41) is 5.71. The Balaban J connectivity index is 1.72. The number of Topliss-reactive ketones (excluding diaryl/α,β-unsaturated/α-hetero) is 1. The largest absolute Gasteiger partial charge is 0.444 e. The molecule has 1 atom stereocenters. The van der Waals surface area contributed by atoms with Crippen molar-refractivity contribution >= 4 is 29.5 Å². The lowest BCUT2D eigenvalue weighted by molar-refractivity contribution is -0.118. The monoisotopic (exact) mass is 558 g/mol. The van der Waals surface area contributed by atoms with E-state index in [1.807, 2.05) is 12.1 Å². The van der Waals surface area contributed by atoms with Gasteiger partial charge in [-0.1, -0.05) is 12.1 Å². The van der Waals surface area contributed by atoms with Crippen LogP contribution in [-0.2, 0) is 27.1 Å². The molecule has 0 saturated carbocycles. The van der Waals surface area contributed by atoms with Crippen molar-refractivity contribution in [1.29, 1.82) is 0 Å². The Morgan fingerprint density at radius 1 is 1.08 bits per heavy atom. The minimum absolute atomic E-state index is 0.130. The van der Waals surface area contributed by atoms with Crippen LogP contribution in [0.4, 0.5) is 9.18 Å². The predicted octanol–water partition coefficient (Wildman–Crippen LogP) is 5.34. The zero-order valence-corrected chi connectivity index (χ0v) is 24.0. The number of hydrogen-bond acceptors (Lipinski definition) is 6. The molecule has 39 heavy (non-hydrogen) atoms. The van der Waals surface area contributed by atoms with Crippen LogP contribution < -0.4 is 10.6 Å². The van der Waals surface area contributed by atoms with Crippen molar-refractivity contribution in [2.45, 2.75) is 69.9 Å². The minimum atomic E-state index is -0.725. The fourth-order valence-electron chi connectivity index (χ4n) is 4.16. The summed E-state index contributed by atoms with van der Waals surface area (Å²) in [5.41, 5.74) is 1.82. The van der Waals surface area contributed by atoms with Crippen LogP contribution in [0.5, 0.6) is 0 Å². The molecule has 2 aromatic carbocycles. The highest BCUT2D eigenvalue weighted by Gasteiger charge is 2.23. The first-order valence-electron chi connectivity index (χ1n) is 13.4. The third-order valence-corrected chi connectivity index (χ3v) is 7.61. The first-order chi connectivity index (χ1) is 18.5. The van der Waals surface area contributed by atoms with E-state index in [9.17, 15) is 18.8 Å². The van der Waals surface area contributed by atoms with E-state index in [1.165, 1.54) is 30.8 Å². The molecule has 1 saturated heterocycles. The molecular formula is C30H39FN2O5S. The van der Waals surface area contributed by atoms with E-state index < -0.39 is 17.7 Å². The summed E-state index contributed by atoms with van der Waals surface area (Å²) >= 11 is 1.44. The predicted molar refractivity (Wildman–Crippen MR) is 151 cm³/mol. The molecule has 0 spiro atoms. The number of alkyl carbamates (subject to hydrolysis) is 1. The number of thioether (sulfide) groups is 1. The van der Waals surface area contributed by atoms with Gasteiger partial charge < -0.3 is 20.1 Å². The van der Waals surface area contributed by atoms with E-state index in [2.05, 4.69) is 10.6 Å². The van der Waals surface area contributed by atoms with Gasteiger partial charge in [-0.3, -0.25) is 9.59 Å².